The Bertz CT molecular complexity index is 1530. The number of imidazole rings is 1. The Balaban J connectivity index is 1.79. The van der Waals surface area contributed by atoms with Gasteiger partial charge in [-0.05, 0) is 54.8 Å². The van der Waals surface area contributed by atoms with E-state index in [1.165, 1.54) is 24.3 Å². The summed E-state index contributed by atoms with van der Waals surface area (Å²) in [6, 6.07) is 5.78. The molecule has 0 aliphatic heterocycles. The largest absolute Gasteiger partial charge is 0.434 e. The highest BCUT2D eigenvalue weighted by Gasteiger charge is 2.33. The Morgan fingerprint density at radius 2 is 1.81 bits per heavy atom. The van der Waals surface area contributed by atoms with Gasteiger partial charge >= 0.3 is 11.4 Å². The van der Waals surface area contributed by atoms with Gasteiger partial charge in [-0.15, -0.1) is 5.10 Å². The van der Waals surface area contributed by atoms with Crippen molar-refractivity contribution in [3.8, 4) is 0 Å². The lowest BCUT2D eigenvalue weighted by Crippen LogP contribution is -2.33. The summed E-state index contributed by atoms with van der Waals surface area (Å²) in [6.07, 6.45) is 0. The zero-order valence-electron chi connectivity index (χ0n) is 17.3. The van der Waals surface area contributed by atoms with Crippen LogP contribution in [0.25, 0.3) is 11.0 Å². The van der Waals surface area contributed by atoms with Gasteiger partial charge in [-0.1, -0.05) is 13.0 Å². The molecule has 0 spiro atoms. The van der Waals surface area contributed by atoms with Crippen LogP contribution in [0.1, 0.15) is 41.5 Å². The third-order valence-electron chi connectivity index (χ3n) is 5.49. The van der Waals surface area contributed by atoms with Crippen LogP contribution >= 0.6 is 0 Å². The zero-order chi connectivity index (χ0) is 23.2. The molecule has 2 unspecified atom stereocenters. The summed E-state index contributed by atoms with van der Waals surface area (Å²) in [6.45, 7) is 5.15. The molecular formula is C20H20FN5O5S. The molecule has 2 aromatic heterocycles. The van der Waals surface area contributed by atoms with Crippen molar-refractivity contribution in [3.05, 3.63) is 79.8 Å². The van der Waals surface area contributed by atoms with Gasteiger partial charge in [0.05, 0.1) is 15.9 Å². The summed E-state index contributed by atoms with van der Waals surface area (Å²) in [5, 5.41) is 5.87. The Labute approximate surface area is 180 Å². The molecule has 0 aliphatic carbocycles. The van der Waals surface area contributed by atoms with Gasteiger partial charge in [0.15, 0.2) is 0 Å². The van der Waals surface area contributed by atoms with Crippen molar-refractivity contribution in [2.24, 2.45) is 0 Å². The van der Waals surface area contributed by atoms with E-state index in [1.54, 1.807) is 19.9 Å². The maximum absolute atomic E-state index is 14.8. The molecule has 0 radical (unpaired) electrons. The van der Waals surface area contributed by atoms with Crippen LogP contribution in [0.2, 0.25) is 0 Å². The number of halogens is 1. The summed E-state index contributed by atoms with van der Waals surface area (Å²) >= 11 is 0. The van der Waals surface area contributed by atoms with Crippen molar-refractivity contribution >= 4 is 21.1 Å². The van der Waals surface area contributed by atoms with Gasteiger partial charge in [0.25, 0.3) is 0 Å². The molecule has 4 N–H and O–H groups in total. The second kappa shape index (κ2) is 7.88. The van der Waals surface area contributed by atoms with Crippen molar-refractivity contribution in [3.63, 3.8) is 0 Å². The Morgan fingerprint density at radius 3 is 2.50 bits per heavy atom. The van der Waals surface area contributed by atoms with E-state index in [9.17, 15) is 22.4 Å². The van der Waals surface area contributed by atoms with Crippen LogP contribution in [0.3, 0.4) is 0 Å². The van der Waals surface area contributed by atoms with Crippen LogP contribution in [0.15, 0.2) is 49.2 Å². The smallest absolute Gasteiger partial charge is 0.391 e. The zero-order valence-corrected chi connectivity index (χ0v) is 18.1. The first-order valence-electron chi connectivity index (χ1n) is 9.62. The summed E-state index contributed by atoms with van der Waals surface area (Å²) in [4.78, 5) is 27.9. The van der Waals surface area contributed by atoms with Gasteiger partial charge in [0.2, 0.25) is 15.9 Å². The van der Waals surface area contributed by atoms with Crippen LogP contribution in [0.5, 0.6) is 0 Å². The molecule has 0 aliphatic rings. The Hall–Kier alpha value is -3.51. The number of aromatic amines is 3. The fourth-order valence-corrected chi connectivity index (χ4v) is 4.98. The number of nitrogens with one attached hydrogen (secondary N) is 4. The predicted molar refractivity (Wildman–Crippen MR) is 113 cm³/mol. The van der Waals surface area contributed by atoms with E-state index in [1.807, 2.05) is 6.92 Å². The quantitative estimate of drug-likeness (QED) is 0.345. The average Bonchev–Trinajstić information content (AvgIpc) is 3.33. The standard InChI is InChI=1S/C20H20FN5O5S/c1-9-4-6-13(21)16(10(9)2)11(3)17(18-24-25-20(28)31-18)26-32(29,30)12-5-7-14-15(8-12)23-19(27)22-14/h4-8,11,17,26H,1-3H3,(H,25,28)(H2,22,23,27). The third kappa shape index (κ3) is 3.89. The molecule has 0 fully saturated rings. The van der Waals surface area contributed by atoms with Gasteiger partial charge in [-0.3, -0.25) is 0 Å². The average molecular weight is 461 g/mol. The molecule has 32 heavy (non-hydrogen) atoms. The molecule has 2 aromatic carbocycles. The van der Waals surface area contributed by atoms with Crippen molar-refractivity contribution in [1.82, 2.24) is 24.9 Å². The van der Waals surface area contributed by atoms with Crippen molar-refractivity contribution in [2.75, 3.05) is 0 Å². The second-order valence-electron chi connectivity index (χ2n) is 7.53. The van der Waals surface area contributed by atoms with E-state index < -0.39 is 39.2 Å². The maximum atomic E-state index is 14.8. The van der Waals surface area contributed by atoms with Crippen LogP contribution in [-0.2, 0) is 10.0 Å². The van der Waals surface area contributed by atoms with Crippen molar-refractivity contribution in [1.29, 1.82) is 0 Å². The molecule has 4 aromatic rings. The predicted octanol–water partition coefficient (Wildman–Crippen LogP) is 2.11. The van der Waals surface area contributed by atoms with E-state index in [0.29, 0.717) is 16.6 Å². The number of sulfonamides is 1. The first kappa shape index (κ1) is 21.7. The molecule has 10 nitrogen and oxygen atoms in total. The number of nitrogens with zero attached hydrogens (tertiary/aromatic N) is 1. The highest BCUT2D eigenvalue weighted by molar-refractivity contribution is 7.89. The van der Waals surface area contributed by atoms with Gasteiger partial charge in [-0.25, -0.2) is 27.5 Å². The lowest BCUT2D eigenvalue weighted by molar-refractivity contribution is 0.377. The molecule has 0 bridgehead atoms. The number of fused-ring (bicyclic) bond motifs is 1. The lowest BCUT2D eigenvalue weighted by atomic mass is 9.88. The number of aromatic nitrogens is 4. The molecule has 0 amide bonds. The van der Waals surface area contributed by atoms with Crippen molar-refractivity contribution in [2.45, 2.75) is 37.6 Å². The Kier molecular flexibility index (Phi) is 5.34. The number of rotatable bonds is 6. The fourth-order valence-electron chi connectivity index (χ4n) is 3.68. The molecule has 12 heteroatoms. The molecular weight excluding hydrogens is 441 g/mol. The van der Waals surface area contributed by atoms with E-state index in [4.69, 9.17) is 4.42 Å². The minimum absolute atomic E-state index is 0.142. The summed E-state index contributed by atoms with van der Waals surface area (Å²) in [5.41, 5.74) is 2.00. The van der Waals surface area contributed by atoms with Crippen LogP contribution in [0, 0.1) is 19.7 Å². The van der Waals surface area contributed by atoms with Crippen LogP contribution in [0.4, 0.5) is 4.39 Å². The summed E-state index contributed by atoms with van der Waals surface area (Å²) < 4.78 is 48.6. The SMILES string of the molecule is Cc1ccc(F)c(C(C)C(NS(=O)(=O)c2ccc3[nH]c(=O)[nH]c3c2)c2n[nH]c(=O)o2)c1C. The van der Waals surface area contributed by atoms with Gasteiger partial charge in [0, 0.05) is 5.92 Å². The monoisotopic (exact) mass is 461 g/mol. The molecule has 0 saturated carbocycles. The minimum Gasteiger partial charge on any atom is -0.391 e. The first-order chi connectivity index (χ1) is 15.1. The van der Waals surface area contributed by atoms with Gasteiger partial charge < -0.3 is 14.4 Å². The molecule has 0 saturated heterocycles. The van der Waals surface area contributed by atoms with Gasteiger partial charge in [-0.2, -0.15) is 4.72 Å². The van der Waals surface area contributed by atoms with Gasteiger partial charge in [0.1, 0.15) is 11.9 Å². The maximum Gasteiger partial charge on any atom is 0.434 e. The van der Waals surface area contributed by atoms with E-state index >= 15 is 0 Å². The van der Waals surface area contributed by atoms with E-state index in [2.05, 4.69) is 24.9 Å². The highest BCUT2D eigenvalue weighted by atomic mass is 32.2. The fraction of sp³-hybridized carbons (Fsp3) is 0.250. The number of hydrogen-bond acceptors (Lipinski definition) is 6. The molecule has 4 rings (SSSR count). The first-order valence-corrected chi connectivity index (χ1v) is 11.1. The normalized spacial score (nSPS) is 14.0. The van der Waals surface area contributed by atoms with E-state index in [0.717, 1.165) is 5.56 Å². The number of aryl methyl sites for hydroxylation is 1. The second-order valence-corrected chi connectivity index (χ2v) is 9.24. The molecule has 2 heterocycles. The molecule has 168 valence electrons. The van der Waals surface area contributed by atoms with Crippen LogP contribution in [-0.4, -0.2) is 28.6 Å². The summed E-state index contributed by atoms with van der Waals surface area (Å²) in [5.74, 6) is -2.41. The third-order valence-corrected chi connectivity index (χ3v) is 6.93. The number of benzene rings is 2. The van der Waals surface area contributed by atoms with Crippen LogP contribution < -0.4 is 16.2 Å². The summed E-state index contributed by atoms with van der Waals surface area (Å²) in [7, 11) is -4.19. The Morgan fingerprint density at radius 1 is 1.09 bits per heavy atom. The minimum atomic E-state index is -4.19. The number of H-pyrrole nitrogens is 3. The van der Waals surface area contributed by atoms with Crippen molar-refractivity contribution < 1.29 is 17.2 Å². The highest BCUT2D eigenvalue weighted by Crippen LogP contribution is 2.35. The van der Waals surface area contributed by atoms with E-state index in [-0.39, 0.29) is 16.3 Å². The number of hydrogen-bond donors (Lipinski definition) is 4. The topological polar surface area (TPSA) is 154 Å². The lowest BCUT2D eigenvalue weighted by Gasteiger charge is -2.25. The molecule has 2 atom stereocenters.